The molecule has 0 heterocycles. The zero-order valence-corrected chi connectivity index (χ0v) is 25.9. The molecular formula is C33H28N8O8. The molecule has 0 aromatic heterocycles. The van der Waals surface area contributed by atoms with Gasteiger partial charge in [0.25, 0.3) is 22.8 Å². The van der Waals surface area contributed by atoms with Crippen LogP contribution in [0, 0.1) is 5.41 Å². The van der Waals surface area contributed by atoms with Crippen LogP contribution in [0.4, 0.5) is 0 Å². The fraction of sp³-hybridized carbons (Fsp3) is 0.273. The van der Waals surface area contributed by atoms with E-state index >= 15 is 0 Å². The summed E-state index contributed by atoms with van der Waals surface area (Å²) in [5.41, 5.74) is 36.1. The highest BCUT2D eigenvalue weighted by Crippen LogP contribution is 2.25. The molecular weight excluding hydrogens is 636 g/mol. The Kier molecular flexibility index (Phi) is 12.0. The summed E-state index contributed by atoms with van der Waals surface area (Å²) < 4.78 is 22.3. The monoisotopic (exact) mass is 664 g/mol. The first kappa shape index (κ1) is 35.2. The van der Waals surface area contributed by atoms with Crippen molar-refractivity contribution < 1.29 is 57.3 Å². The van der Waals surface area contributed by atoms with Crippen molar-refractivity contribution in [1.29, 1.82) is 0 Å². The summed E-state index contributed by atoms with van der Waals surface area (Å²) in [5.74, 6) is -3.23. The molecule has 0 amide bonds. The topological polar surface area (TPSA) is 251 Å². The van der Waals surface area contributed by atoms with Crippen LogP contribution in [0.25, 0.3) is 22.1 Å². The van der Waals surface area contributed by atoms with E-state index in [0.717, 1.165) is 0 Å². The Hall–Kier alpha value is -6.68. The maximum atomic E-state index is 13.1. The zero-order chi connectivity index (χ0) is 35.2. The minimum absolute atomic E-state index is 0.129. The van der Waals surface area contributed by atoms with Gasteiger partial charge in [-0.2, -0.15) is 19.2 Å². The van der Waals surface area contributed by atoms with Crippen LogP contribution >= 0.6 is 0 Å². The predicted octanol–water partition coefficient (Wildman–Crippen LogP) is 2.37. The normalized spacial score (nSPS) is 17.5. The van der Waals surface area contributed by atoms with Gasteiger partial charge < -0.3 is 41.1 Å². The summed E-state index contributed by atoms with van der Waals surface area (Å²) in [7, 11) is 0. The van der Waals surface area contributed by atoms with Crippen LogP contribution in [0.5, 0.6) is 0 Å². The maximum Gasteiger partial charge on any atom is 0.337 e. The van der Waals surface area contributed by atoms with Crippen LogP contribution in [0.2, 0.25) is 0 Å². The van der Waals surface area contributed by atoms with Gasteiger partial charge in [0.05, 0.1) is 48.0 Å². The predicted molar refractivity (Wildman–Crippen MR) is 168 cm³/mol. The molecule has 0 aromatic rings. The van der Waals surface area contributed by atoms with E-state index in [1.807, 2.05) is 0 Å². The summed E-state index contributed by atoms with van der Waals surface area (Å²) in [6.45, 7) is -2.24. The molecule has 0 spiro atoms. The highest BCUT2D eigenvalue weighted by atomic mass is 16.6. The number of hydrogen-bond donors (Lipinski definition) is 0. The highest BCUT2D eigenvalue weighted by molar-refractivity contribution is 6.02. The second-order valence-corrected chi connectivity index (χ2v) is 11.0. The second-order valence-electron chi connectivity index (χ2n) is 11.0. The van der Waals surface area contributed by atoms with E-state index in [1.165, 1.54) is 72.9 Å². The Labute approximate surface area is 278 Å². The third-order valence-electron chi connectivity index (χ3n) is 7.44. The number of carbonyl (C=O) groups excluding carboxylic acids is 4. The van der Waals surface area contributed by atoms with Gasteiger partial charge in [-0.15, -0.1) is 0 Å². The molecule has 0 bridgehead atoms. The van der Waals surface area contributed by atoms with Gasteiger partial charge in [0, 0.05) is 24.3 Å². The van der Waals surface area contributed by atoms with Crippen LogP contribution in [-0.4, -0.2) is 92.3 Å². The number of ether oxygens (including phenoxy) is 4. The van der Waals surface area contributed by atoms with E-state index in [-0.39, 0.29) is 48.0 Å². The van der Waals surface area contributed by atoms with Crippen molar-refractivity contribution in [2.24, 2.45) is 5.41 Å². The first-order chi connectivity index (χ1) is 23.7. The van der Waals surface area contributed by atoms with Crippen LogP contribution in [0.1, 0.15) is 25.7 Å². The van der Waals surface area contributed by atoms with Crippen molar-refractivity contribution >= 4 is 46.7 Å². The molecule has 0 fully saturated rings. The van der Waals surface area contributed by atoms with Crippen LogP contribution in [-0.2, 0) is 38.1 Å². The quantitative estimate of drug-likeness (QED) is 0.129. The van der Waals surface area contributed by atoms with Gasteiger partial charge in [-0.25, -0.2) is 19.2 Å². The fourth-order valence-electron chi connectivity index (χ4n) is 4.51. The lowest BCUT2D eigenvalue weighted by molar-refractivity contribution is -0.165. The van der Waals surface area contributed by atoms with Crippen molar-refractivity contribution in [3.8, 4) is 0 Å². The Morgan fingerprint density at radius 1 is 0.449 bits per heavy atom. The standard InChI is InChI=1S/C33H28N8O8/c34-38-25-9-1-21(2-10-25)29(42)46-17-33(18-47-30(43)22-3-11-26(39-35)12-4-22,19-48-31(44)23-5-13-27(40-36)14-6-23)20-49-32(45)24-7-15-28(41-37)16-8-24/h1-9,11,13,15H,10,12,14,16-20H2. The van der Waals surface area contributed by atoms with Gasteiger partial charge >= 0.3 is 23.9 Å². The van der Waals surface area contributed by atoms with Crippen LogP contribution < -0.4 is 0 Å². The highest BCUT2D eigenvalue weighted by Gasteiger charge is 2.39. The molecule has 0 N–H and O–H groups in total. The molecule has 49 heavy (non-hydrogen) atoms. The molecule has 0 unspecified atom stereocenters. The number of carbonyl (C=O) groups is 4. The average molecular weight is 665 g/mol. The molecule has 0 aromatic carbocycles. The van der Waals surface area contributed by atoms with Crippen LogP contribution in [0.3, 0.4) is 0 Å². The smallest absolute Gasteiger partial charge is 0.337 e. The number of nitrogens with zero attached hydrogens (tertiary/aromatic N) is 8. The Morgan fingerprint density at radius 2 is 0.673 bits per heavy atom. The minimum Gasteiger partial charge on any atom is -0.461 e. The number of allylic oxidation sites excluding steroid dienone is 8. The van der Waals surface area contributed by atoms with Gasteiger partial charge in [0.2, 0.25) is 0 Å². The van der Waals surface area contributed by atoms with Crippen molar-refractivity contribution in [3.63, 3.8) is 0 Å². The molecule has 4 rings (SSSR count). The third-order valence-corrected chi connectivity index (χ3v) is 7.44. The van der Waals surface area contributed by atoms with Gasteiger partial charge in [0.1, 0.15) is 31.8 Å². The summed E-state index contributed by atoms with van der Waals surface area (Å²) in [5, 5.41) is 0. The SMILES string of the molecule is [N-]=[N+]=C1C=CC(C(=O)OCC(COC(=O)C2=CCC(=[N+]=[N-])C=C2)(COC(=O)C2=CCC(=[N+]=[N-])C=C2)COC(=O)C2=CCC(=[N+]=[N-])C=C2)=CC1. The summed E-state index contributed by atoms with van der Waals surface area (Å²) in [6, 6.07) is 0. The van der Waals surface area contributed by atoms with Crippen molar-refractivity contribution in [3.05, 3.63) is 117 Å². The molecule has 0 radical (unpaired) electrons. The van der Waals surface area contributed by atoms with E-state index in [4.69, 9.17) is 41.1 Å². The first-order valence-corrected chi connectivity index (χ1v) is 14.7. The molecule has 0 atom stereocenters. The first-order valence-electron chi connectivity index (χ1n) is 14.7. The van der Waals surface area contributed by atoms with Crippen molar-refractivity contribution in [2.45, 2.75) is 25.7 Å². The lowest BCUT2D eigenvalue weighted by atomic mass is 9.91. The molecule has 0 saturated carbocycles. The molecule has 16 heteroatoms. The van der Waals surface area contributed by atoms with E-state index in [9.17, 15) is 19.2 Å². The average Bonchev–Trinajstić information content (AvgIpc) is 3.16. The molecule has 0 aliphatic heterocycles. The lowest BCUT2D eigenvalue weighted by Crippen LogP contribution is -2.44. The molecule has 248 valence electrons. The van der Waals surface area contributed by atoms with E-state index in [2.05, 4.69) is 19.2 Å². The van der Waals surface area contributed by atoms with Gasteiger partial charge in [-0.05, 0) is 24.3 Å². The van der Waals surface area contributed by atoms with Gasteiger partial charge in [-0.1, -0.05) is 24.3 Å². The third kappa shape index (κ3) is 9.66. The minimum atomic E-state index is -1.64. The lowest BCUT2D eigenvalue weighted by Gasteiger charge is -2.32. The molecule has 4 aliphatic rings. The number of esters is 4. The summed E-state index contributed by atoms with van der Waals surface area (Å²) in [4.78, 5) is 64.6. The Bertz CT molecular complexity index is 1640. The van der Waals surface area contributed by atoms with E-state index in [0.29, 0.717) is 22.8 Å². The van der Waals surface area contributed by atoms with E-state index in [1.54, 1.807) is 0 Å². The number of rotatable bonds is 12. The summed E-state index contributed by atoms with van der Waals surface area (Å²) >= 11 is 0. The maximum absolute atomic E-state index is 13.1. The van der Waals surface area contributed by atoms with Crippen molar-refractivity contribution in [2.75, 3.05) is 26.4 Å². The molecule has 4 aliphatic carbocycles. The van der Waals surface area contributed by atoms with Gasteiger partial charge in [-0.3, -0.25) is 0 Å². The zero-order valence-electron chi connectivity index (χ0n) is 25.9. The second kappa shape index (κ2) is 16.8. The van der Waals surface area contributed by atoms with Crippen molar-refractivity contribution in [1.82, 2.24) is 0 Å². The molecule has 0 saturated heterocycles. The Balaban J connectivity index is 1.59. The van der Waals surface area contributed by atoms with Crippen LogP contribution in [0.15, 0.2) is 95.2 Å². The summed E-state index contributed by atoms with van der Waals surface area (Å²) in [6.07, 6.45) is 17.7. The largest absolute Gasteiger partial charge is 0.461 e. The van der Waals surface area contributed by atoms with E-state index < -0.39 is 55.7 Å². The Morgan fingerprint density at radius 3 is 0.837 bits per heavy atom. The fourth-order valence-corrected chi connectivity index (χ4v) is 4.51. The number of hydrogen-bond acceptors (Lipinski definition) is 8. The molecule has 16 nitrogen and oxygen atoms in total. The van der Waals surface area contributed by atoms with Gasteiger partial charge in [0.15, 0.2) is 0 Å².